The van der Waals surface area contributed by atoms with Gasteiger partial charge in [0.15, 0.2) is 0 Å². The Morgan fingerprint density at radius 1 is 0.967 bits per heavy atom. The fourth-order valence-corrected chi connectivity index (χ4v) is 4.36. The van der Waals surface area contributed by atoms with E-state index in [0.717, 1.165) is 15.9 Å². The van der Waals surface area contributed by atoms with Crippen molar-refractivity contribution in [2.75, 3.05) is 5.32 Å². The van der Waals surface area contributed by atoms with Crippen molar-refractivity contribution in [2.45, 2.75) is 6.92 Å². The third-order valence-electron chi connectivity index (χ3n) is 5.14. The van der Waals surface area contributed by atoms with Crippen molar-refractivity contribution in [2.24, 2.45) is 21.1 Å². The monoisotopic (exact) mass is 425 g/mol. The number of nitrogens with one attached hydrogen (secondary N) is 1. The van der Waals surface area contributed by atoms with Crippen LogP contribution in [-0.2, 0) is 21.1 Å². The second-order valence-electron chi connectivity index (χ2n) is 6.93. The van der Waals surface area contributed by atoms with E-state index in [0.29, 0.717) is 16.2 Å². The van der Waals surface area contributed by atoms with Crippen molar-refractivity contribution in [3.63, 3.8) is 0 Å². The van der Waals surface area contributed by atoms with Gasteiger partial charge in [0.25, 0.3) is 17.0 Å². The highest BCUT2D eigenvalue weighted by Gasteiger charge is 2.21. The van der Waals surface area contributed by atoms with Crippen LogP contribution in [0.15, 0.2) is 50.8 Å². The molecule has 4 rings (SSSR count). The highest BCUT2D eigenvalue weighted by Crippen LogP contribution is 2.23. The molecule has 1 N–H and O–H groups in total. The zero-order valence-electron chi connectivity index (χ0n) is 16.8. The van der Waals surface area contributed by atoms with Gasteiger partial charge in [0.1, 0.15) is 10.5 Å². The van der Waals surface area contributed by atoms with E-state index < -0.39 is 17.2 Å². The molecule has 0 bridgehead atoms. The first-order valence-corrected chi connectivity index (χ1v) is 9.89. The standard InChI is InChI=1S/C20H19N5O4S/c1-11-15(18(28)25(24(11)4)12-8-6-5-7-9-12)21-16(26)14-10-13-17(27)22(2)20(29)23(3)19(13)30-14/h5-10H,1-4H3,(H,21,26). The molecule has 0 aliphatic heterocycles. The summed E-state index contributed by atoms with van der Waals surface area (Å²) in [4.78, 5) is 51.0. The largest absolute Gasteiger partial charge is 0.331 e. The first-order chi connectivity index (χ1) is 14.2. The number of hydrogen-bond donors (Lipinski definition) is 1. The quantitative estimate of drug-likeness (QED) is 0.535. The normalized spacial score (nSPS) is 11.2. The van der Waals surface area contributed by atoms with Gasteiger partial charge in [-0.15, -0.1) is 11.3 Å². The Morgan fingerprint density at radius 2 is 1.63 bits per heavy atom. The molecule has 0 radical (unpaired) electrons. The summed E-state index contributed by atoms with van der Waals surface area (Å²) in [6.45, 7) is 1.74. The Labute approximate surface area is 174 Å². The van der Waals surface area contributed by atoms with Crippen LogP contribution in [0.3, 0.4) is 0 Å². The van der Waals surface area contributed by atoms with Gasteiger partial charge in [-0.2, -0.15) is 0 Å². The van der Waals surface area contributed by atoms with Crippen LogP contribution in [0, 0.1) is 6.92 Å². The van der Waals surface area contributed by atoms with Gasteiger partial charge < -0.3 is 5.32 Å². The summed E-state index contributed by atoms with van der Waals surface area (Å²) in [5, 5.41) is 2.95. The summed E-state index contributed by atoms with van der Waals surface area (Å²) in [5.41, 5.74) is 0.122. The minimum absolute atomic E-state index is 0.158. The van der Waals surface area contributed by atoms with Gasteiger partial charge in [-0.3, -0.25) is 28.2 Å². The lowest BCUT2D eigenvalue weighted by Crippen LogP contribution is -2.36. The molecule has 3 heterocycles. The maximum absolute atomic E-state index is 13.0. The van der Waals surface area contributed by atoms with Gasteiger partial charge in [-0.25, -0.2) is 9.48 Å². The fraction of sp³-hybridized carbons (Fsp3) is 0.200. The molecule has 0 atom stereocenters. The van der Waals surface area contributed by atoms with Gasteiger partial charge in [0.05, 0.1) is 21.6 Å². The number of nitrogens with zero attached hydrogens (tertiary/aromatic N) is 4. The highest BCUT2D eigenvalue weighted by atomic mass is 32.1. The molecule has 154 valence electrons. The minimum Gasteiger partial charge on any atom is -0.315 e. The van der Waals surface area contributed by atoms with Crippen LogP contribution in [-0.4, -0.2) is 24.4 Å². The van der Waals surface area contributed by atoms with Crippen molar-refractivity contribution >= 4 is 33.1 Å². The van der Waals surface area contributed by atoms with E-state index in [9.17, 15) is 19.2 Å². The number of hydrogen-bond acceptors (Lipinski definition) is 5. The van der Waals surface area contributed by atoms with Crippen molar-refractivity contribution in [1.82, 2.24) is 18.5 Å². The molecular formula is C20H19N5O4S. The Hall–Kier alpha value is -3.66. The number of carbonyl (C=O) groups excluding carboxylic acids is 1. The number of thiophene rings is 1. The third kappa shape index (κ3) is 2.84. The lowest BCUT2D eigenvalue weighted by Gasteiger charge is -2.07. The van der Waals surface area contributed by atoms with E-state index in [1.165, 1.54) is 22.4 Å². The number of aryl methyl sites for hydroxylation is 1. The van der Waals surface area contributed by atoms with Crippen molar-refractivity contribution in [3.8, 4) is 5.69 Å². The average Bonchev–Trinajstić information content (AvgIpc) is 3.28. The number of fused-ring (bicyclic) bond motifs is 1. The number of benzene rings is 1. The highest BCUT2D eigenvalue weighted by molar-refractivity contribution is 7.20. The zero-order chi connectivity index (χ0) is 21.7. The molecule has 0 saturated carbocycles. The second-order valence-corrected chi connectivity index (χ2v) is 7.96. The van der Waals surface area contributed by atoms with Gasteiger partial charge in [-0.1, -0.05) is 18.2 Å². The molecule has 0 saturated heterocycles. The van der Waals surface area contributed by atoms with Crippen LogP contribution in [0.2, 0.25) is 0 Å². The topological polar surface area (TPSA) is 100 Å². The van der Waals surface area contributed by atoms with Crippen LogP contribution >= 0.6 is 11.3 Å². The smallest absolute Gasteiger partial charge is 0.315 e. The van der Waals surface area contributed by atoms with Crippen LogP contribution in [0.25, 0.3) is 15.9 Å². The maximum atomic E-state index is 13.0. The van der Waals surface area contributed by atoms with E-state index in [-0.39, 0.29) is 21.5 Å². The molecular weight excluding hydrogens is 406 g/mol. The Kier molecular flexibility index (Phi) is 4.58. The number of amides is 1. The molecule has 1 aromatic carbocycles. The van der Waals surface area contributed by atoms with Gasteiger partial charge in [-0.05, 0) is 25.1 Å². The third-order valence-corrected chi connectivity index (χ3v) is 6.35. The predicted molar refractivity (Wildman–Crippen MR) is 116 cm³/mol. The van der Waals surface area contributed by atoms with Crippen molar-refractivity contribution < 1.29 is 4.79 Å². The number of para-hydroxylation sites is 1. The average molecular weight is 425 g/mol. The lowest BCUT2D eigenvalue weighted by atomic mass is 10.3. The maximum Gasteiger partial charge on any atom is 0.331 e. The molecule has 0 aliphatic rings. The summed E-state index contributed by atoms with van der Waals surface area (Å²) in [5.74, 6) is -0.517. The van der Waals surface area contributed by atoms with Crippen LogP contribution in [0.5, 0.6) is 0 Å². The molecule has 0 aliphatic carbocycles. The van der Waals surface area contributed by atoms with E-state index >= 15 is 0 Å². The Morgan fingerprint density at radius 3 is 2.30 bits per heavy atom. The molecule has 0 unspecified atom stereocenters. The van der Waals surface area contributed by atoms with Crippen LogP contribution < -0.4 is 22.1 Å². The molecule has 30 heavy (non-hydrogen) atoms. The van der Waals surface area contributed by atoms with E-state index in [4.69, 9.17) is 0 Å². The molecule has 0 spiro atoms. The predicted octanol–water partition coefficient (Wildman–Crippen LogP) is 1.35. The number of carbonyl (C=O) groups is 1. The SMILES string of the molecule is Cc1c(NC(=O)c2cc3c(=O)n(C)c(=O)n(C)c3s2)c(=O)n(-c2ccccc2)n1C. The van der Waals surface area contributed by atoms with E-state index in [2.05, 4.69) is 5.32 Å². The van der Waals surface area contributed by atoms with E-state index in [1.54, 1.807) is 37.8 Å². The second kappa shape index (κ2) is 6.99. The summed E-state index contributed by atoms with van der Waals surface area (Å²) < 4.78 is 5.46. The Bertz CT molecular complexity index is 1480. The summed E-state index contributed by atoms with van der Waals surface area (Å²) >= 11 is 1.03. The first-order valence-electron chi connectivity index (χ1n) is 9.07. The molecule has 10 heteroatoms. The van der Waals surface area contributed by atoms with Gasteiger partial charge >= 0.3 is 5.69 Å². The van der Waals surface area contributed by atoms with E-state index in [1.807, 2.05) is 18.2 Å². The van der Waals surface area contributed by atoms with Crippen molar-refractivity contribution in [1.29, 1.82) is 0 Å². The van der Waals surface area contributed by atoms with Crippen LogP contribution in [0.1, 0.15) is 15.4 Å². The first kappa shape index (κ1) is 19.6. The number of aromatic nitrogens is 4. The minimum atomic E-state index is -0.517. The zero-order valence-corrected chi connectivity index (χ0v) is 17.6. The fourth-order valence-electron chi connectivity index (χ4n) is 3.36. The molecule has 0 fully saturated rings. The van der Waals surface area contributed by atoms with Gasteiger partial charge in [0.2, 0.25) is 0 Å². The van der Waals surface area contributed by atoms with Gasteiger partial charge in [0, 0.05) is 21.1 Å². The molecule has 4 aromatic rings. The number of rotatable bonds is 3. The lowest BCUT2D eigenvalue weighted by molar-refractivity contribution is 0.103. The molecule has 3 aromatic heterocycles. The Balaban J connectivity index is 1.78. The van der Waals surface area contributed by atoms with Crippen molar-refractivity contribution in [3.05, 3.63) is 78.2 Å². The summed E-state index contributed by atoms with van der Waals surface area (Å²) in [7, 11) is 4.67. The summed E-state index contributed by atoms with van der Waals surface area (Å²) in [6, 6.07) is 10.6. The molecule has 1 amide bonds. The molecule has 9 nitrogen and oxygen atoms in total. The number of anilines is 1. The summed E-state index contributed by atoms with van der Waals surface area (Å²) in [6.07, 6.45) is 0. The van der Waals surface area contributed by atoms with Crippen LogP contribution in [0.4, 0.5) is 5.69 Å².